The van der Waals surface area contributed by atoms with Crippen molar-refractivity contribution in [3.8, 4) is 6.07 Å². The summed E-state index contributed by atoms with van der Waals surface area (Å²) in [6.45, 7) is 3.71. The molecule has 1 aromatic rings. The Bertz CT molecular complexity index is 485. The number of carbonyl (C=O) groups excluding carboxylic acids is 1. The molecule has 0 spiro atoms. The Balaban J connectivity index is 3.10. The number of carbonyl (C=O) groups is 1. The van der Waals surface area contributed by atoms with Crippen LogP contribution in [0.15, 0.2) is 12.3 Å². The van der Waals surface area contributed by atoms with Crippen molar-refractivity contribution in [1.82, 2.24) is 9.97 Å². The van der Waals surface area contributed by atoms with Crippen molar-refractivity contribution >= 4 is 11.9 Å². The van der Waals surface area contributed by atoms with Gasteiger partial charge in [-0.15, -0.1) is 0 Å². The average Bonchev–Trinajstić information content (AvgIpc) is 2.33. The van der Waals surface area contributed by atoms with E-state index in [2.05, 4.69) is 9.97 Å². The van der Waals surface area contributed by atoms with Crippen molar-refractivity contribution in [1.29, 1.82) is 5.26 Å². The van der Waals surface area contributed by atoms with Crippen LogP contribution in [0, 0.1) is 23.2 Å². The molecule has 0 radical (unpaired) electrons. The molecule has 0 aliphatic carbocycles. The number of nitrogens with two attached hydrogens (primary N) is 1. The molecule has 0 bridgehead atoms. The Labute approximate surface area is 111 Å². The monoisotopic (exact) mass is 265 g/mol. The summed E-state index contributed by atoms with van der Waals surface area (Å²) >= 11 is 0. The van der Waals surface area contributed by atoms with Gasteiger partial charge in [-0.05, 0) is 12.3 Å². The largest absolute Gasteiger partial charge is 0.368 e. The van der Waals surface area contributed by atoms with Gasteiger partial charge in [-0.3, -0.25) is 4.79 Å². The first-order valence-corrected chi connectivity index (χ1v) is 5.87. The number of aromatic nitrogens is 2. The van der Waals surface area contributed by atoms with Crippen LogP contribution >= 0.6 is 0 Å². The average molecular weight is 265 g/mol. The van der Waals surface area contributed by atoms with E-state index in [1.165, 1.54) is 11.1 Å². The summed E-state index contributed by atoms with van der Waals surface area (Å²) in [5.41, 5.74) is 5.35. The molecule has 1 heterocycles. The highest BCUT2D eigenvalue weighted by Gasteiger charge is 2.27. The summed E-state index contributed by atoms with van der Waals surface area (Å²) in [7, 11) is 0. The van der Waals surface area contributed by atoms with Crippen LogP contribution in [0.5, 0.6) is 0 Å². The topological polar surface area (TPSA) is 95.9 Å². The molecule has 2 N–H and O–H groups in total. The second-order valence-electron chi connectivity index (χ2n) is 4.51. The molecule has 0 fully saturated rings. The zero-order valence-electron chi connectivity index (χ0n) is 10.9. The fourth-order valence-electron chi connectivity index (χ4n) is 1.71. The molecule has 0 saturated heterocycles. The lowest BCUT2D eigenvalue weighted by molar-refractivity contribution is -0.119. The smallest absolute Gasteiger partial charge is 0.240 e. The Morgan fingerprint density at radius 1 is 1.63 bits per heavy atom. The standard InChI is InChI=1S/C12H16FN5O/c1-8(2)7-9(11(15)19)18(6-4-14)12-16-5-3-10(13)17-12/h3,5,8-9H,6-7H2,1-2H3,(H2,15,19)/t9-/m0/s1. The van der Waals surface area contributed by atoms with Crippen LogP contribution in [-0.4, -0.2) is 28.5 Å². The first-order chi connectivity index (χ1) is 8.95. The summed E-state index contributed by atoms with van der Waals surface area (Å²) in [4.78, 5) is 20.3. The van der Waals surface area contributed by atoms with E-state index in [-0.39, 0.29) is 18.4 Å². The van der Waals surface area contributed by atoms with Crippen molar-refractivity contribution in [3.63, 3.8) is 0 Å². The lowest BCUT2D eigenvalue weighted by Gasteiger charge is -2.28. The number of hydrogen-bond donors (Lipinski definition) is 1. The molecular weight excluding hydrogens is 249 g/mol. The van der Waals surface area contributed by atoms with E-state index in [1.54, 1.807) is 0 Å². The number of nitriles is 1. The minimum atomic E-state index is -0.735. The molecule has 1 amide bonds. The molecule has 1 rings (SSSR count). The minimum absolute atomic E-state index is 0.00833. The van der Waals surface area contributed by atoms with Gasteiger partial charge in [-0.2, -0.15) is 14.6 Å². The summed E-state index contributed by atoms with van der Waals surface area (Å²) in [6.07, 6.45) is 1.67. The third-order valence-electron chi connectivity index (χ3n) is 2.51. The van der Waals surface area contributed by atoms with E-state index in [1.807, 2.05) is 19.9 Å². The number of primary amides is 1. The van der Waals surface area contributed by atoms with Gasteiger partial charge in [0.1, 0.15) is 12.6 Å². The van der Waals surface area contributed by atoms with Gasteiger partial charge in [0.15, 0.2) is 0 Å². The number of hydrogen-bond acceptors (Lipinski definition) is 5. The highest BCUT2D eigenvalue weighted by atomic mass is 19.1. The van der Waals surface area contributed by atoms with E-state index < -0.39 is 17.9 Å². The first kappa shape index (κ1) is 14.8. The summed E-state index contributed by atoms with van der Waals surface area (Å²) < 4.78 is 13.1. The van der Waals surface area contributed by atoms with Gasteiger partial charge in [0.05, 0.1) is 6.07 Å². The first-order valence-electron chi connectivity index (χ1n) is 5.87. The summed E-state index contributed by atoms with van der Waals surface area (Å²) in [6, 6.07) is 2.27. The highest BCUT2D eigenvalue weighted by molar-refractivity contribution is 5.83. The normalized spacial score (nSPS) is 11.9. The van der Waals surface area contributed by atoms with E-state index in [4.69, 9.17) is 11.0 Å². The van der Waals surface area contributed by atoms with Crippen LogP contribution in [-0.2, 0) is 4.79 Å². The molecule has 0 unspecified atom stereocenters. The zero-order chi connectivity index (χ0) is 14.4. The van der Waals surface area contributed by atoms with Crippen molar-refractivity contribution in [2.45, 2.75) is 26.3 Å². The summed E-state index contributed by atoms with van der Waals surface area (Å²) in [5, 5.41) is 8.84. The molecule has 6 nitrogen and oxygen atoms in total. The van der Waals surface area contributed by atoms with Gasteiger partial charge in [0, 0.05) is 12.3 Å². The van der Waals surface area contributed by atoms with Gasteiger partial charge in [-0.25, -0.2) is 4.98 Å². The van der Waals surface area contributed by atoms with Crippen LogP contribution in [0.2, 0.25) is 0 Å². The van der Waals surface area contributed by atoms with Crippen molar-refractivity contribution in [2.24, 2.45) is 11.7 Å². The Kier molecular flexibility index (Phi) is 5.18. The second-order valence-corrected chi connectivity index (χ2v) is 4.51. The molecule has 0 aliphatic rings. The van der Waals surface area contributed by atoms with Crippen LogP contribution in [0.4, 0.5) is 10.3 Å². The maximum Gasteiger partial charge on any atom is 0.240 e. The maximum absolute atomic E-state index is 13.1. The van der Waals surface area contributed by atoms with Gasteiger partial charge in [0.2, 0.25) is 17.8 Å². The molecule has 0 aromatic carbocycles. The van der Waals surface area contributed by atoms with E-state index in [0.717, 1.165) is 6.07 Å². The van der Waals surface area contributed by atoms with Gasteiger partial charge >= 0.3 is 0 Å². The summed E-state index contributed by atoms with van der Waals surface area (Å²) in [5.74, 6) is -1.13. The van der Waals surface area contributed by atoms with E-state index in [9.17, 15) is 9.18 Å². The van der Waals surface area contributed by atoms with E-state index >= 15 is 0 Å². The van der Waals surface area contributed by atoms with Gasteiger partial charge in [0.25, 0.3) is 0 Å². The predicted octanol–water partition coefficient (Wildman–Crippen LogP) is 0.846. The SMILES string of the molecule is CC(C)C[C@@H](C(N)=O)N(CC#N)c1nccc(F)n1. The molecule has 1 aromatic heterocycles. The van der Waals surface area contributed by atoms with Gasteiger partial charge in [-0.1, -0.05) is 13.8 Å². The number of halogens is 1. The number of amides is 1. The van der Waals surface area contributed by atoms with Crippen molar-refractivity contribution in [3.05, 3.63) is 18.2 Å². The van der Waals surface area contributed by atoms with Gasteiger partial charge < -0.3 is 10.6 Å². The quantitative estimate of drug-likeness (QED) is 0.607. The van der Waals surface area contributed by atoms with Crippen LogP contribution in [0.25, 0.3) is 0 Å². The molecular formula is C12H16FN5O. The predicted molar refractivity (Wildman–Crippen MR) is 67.4 cm³/mol. The molecule has 1 atom stereocenters. The lowest BCUT2D eigenvalue weighted by atomic mass is 10.0. The van der Waals surface area contributed by atoms with Crippen molar-refractivity contribution < 1.29 is 9.18 Å². The molecule has 0 aliphatic heterocycles. The number of nitrogens with zero attached hydrogens (tertiary/aromatic N) is 4. The van der Waals surface area contributed by atoms with E-state index in [0.29, 0.717) is 6.42 Å². The van der Waals surface area contributed by atoms with Crippen molar-refractivity contribution in [2.75, 3.05) is 11.4 Å². The fourth-order valence-corrected chi connectivity index (χ4v) is 1.71. The van der Waals surface area contributed by atoms with Crippen LogP contribution < -0.4 is 10.6 Å². The highest BCUT2D eigenvalue weighted by Crippen LogP contribution is 2.16. The molecule has 102 valence electrons. The minimum Gasteiger partial charge on any atom is -0.368 e. The molecule has 0 saturated carbocycles. The molecule has 19 heavy (non-hydrogen) atoms. The Hall–Kier alpha value is -2.23. The second kappa shape index (κ2) is 6.64. The fraction of sp³-hybridized carbons (Fsp3) is 0.500. The Morgan fingerprint density at radius 2 is 2.32 bits per heavy atom. The third-order valence-corrected chi connectivity index (χ3v) is 2.51. The zero-order valence-corrected chi connectivity index (χ0v) is 10.9. The van der Waals surface area contributed by atoms with Crippen LogP contribution in [0.3, 0.4) is 0 Å². The number of anilines is 1. The molecule has 7 heteroatoms. The Morgan fingerprint density at radius 3 is 2.79 bits per heavy atom. The van der Waals surface area contributed by atoms with Crippen LogP contribution in [0.1, 0.15) is 20.3 Å². The maximum atomic E-state index is 13.1. The number of rotatable bonds is 6. The lowest BCUT2D eigenvalue weighted by Crippen LogP contribution is -2.46. The third kappa shape index (κ3) is 4.17.